The number of hydrogen-bond donors (Lipinski definition) is 0. The molecule has 0 spiro atoms. The summed E-state index contributed by atoms with van der Waals surface area (Å²) in [5.41, 5.74) is 26.1. The fraction of sp³-hybridized carbons (Fsp3) is 0.265. The van der Waals surface area contributed by atoms with Crippen LogP contribution in [0.4, 0.5) is 0 Å². The van der Waals surface area contributed by atoms with Crippen LogP contribution < -0.4 is 15.6 Å². The molecule has 6 heterocycles. The molecule has 0 aliphatic heterocycles. The van der Waals surface area contributed by atoms with Gasteiger partial charge in [-0.05, 0) is 123 Å². The van der Waals surface area contributed by atoms with E-state index >= 15 is 0 Å². The summed E-state index contributed by atoms with van der Waals surface area (Å²) < 4.78 is 26.5. The number of rotatable bonds is 15. The van der Waals surface area contributed by atoms with Crippen LogP contribution in [0.15, 0.2) is 232 Å². The van der Waals surface area contributed by atoms with Gasteiger partial charge in [-0.3, -0.25) is 15.0 Å². The van der Waals surface area contributed by atoms with Crippen molar-refractivity contribution in [3.8, 4) is 51.2 Å². The van der Waals surface area contributed by atoms with E-state index in [9.17, 15) is 0 Å². The molecule has 0 amide bonds. The molecule has 9 nitrogen and oxygen atoms in total. The Kier molecular flexibility index (Phi) is 21.6. The van der Waals surface area contributed by atoms with Gasteiger partial charge in [0.05, 0.1) is 91.5 Å². The quantitative estimate of drug-likeness (QED) is 0.0750. The van der Waals surface area contributed by atoms with E-state index in [1.54, 1.807) is 0 Å². The summed E-state index contributed by atoms with van der Waals surface area (Å²) in [4.78, 5) is 15.7. The SMILES string of the molecule is CC(C)c1cc([Si](C)(C)C)cc(C(C)C)c1-n1c(-c2[c-]ccc3c2oc2ccccc23)nc2ccccc21.CC(C)c1cc([Si](C)(C)C)cc(C(C)C)c1-n1c(-c2[c-]ccc3c2oc2ccccc23)nc2ccccc21.CC(C)c1cc([Si](C)(C)C)cc(C(C)C)c1-n1c(-c2[c-]ccc3c2oc2ccccc23)nc2ccccc21.[Ir+3]. The Labute approximate surface area is 694 Å². The number of fused-ring (bicyclic) bond motifs is 12. The second-order valence-corrected chi connectivity index (χ2v) is 51.3. The number of hydrogen-bond acceptors (Lipinski definition) is 6. The maximum atomic E-state index is 6.47. The monoisotopic (exact) mass is 1740 g/mol. The van der Waals surface area contributed by atoms with Crippen molar-refractivity contribution >= 4 is 139 Å². The summed E-state index contributed by atoms with van der Waals surface area (Å²) in [5.74, 6) is 4.79. The summed E-state index contributed by atoms with van der Waals surface area (Å²) >= 11 is 0. The van der Waals surface area contributed by atoms with Crippen molar-refractivity contribution in [3.63, 3.8) is 0 Å². The largest absolute Gasteiger partial charge is 3.00 e. The number of benzene rings is 12. The summed E-state index contributed by atoms with van der Waals surface area (Å²) in [7, 11) is -4.58. The van der Waals surface area contributed by atoms with Crippen molar-refractivity contribution in [2.45, 2.75) is 178 Å². The zero-order valence-electron chi connectivity index (χ0n) is 70.5. The van der Waals surface area contributed by atoms with E-state index in [1.165, 1.54) is 66.0 Å². The van der Waals surface area contributed by atoms with Crippen LogP contribution in [0.1, 0.15) is 152 Å². The molecule has 0 fully saturated rings. The molecule has 0 saturated heterocycles. The van der Waals surface area contributed by atoms with E-state index < -0.39 is 24.2 Å². The number of furan rings is 3. The molecule has 115 heavy (non-hydrogen) atoms. The number of nitrogens with zero attached hydrogens (tertiary/aromatic N) is 6. The van der Waals surface area contributed by atoms with Crippen LogP contribution >= 0.6 is 0 Å². The third kappa shape index (κ3) is 14.5. The molecule has 0 unspecified atom stereocenters. The second kappa shape index (κ2) is 31.1. The minimum absolute atomic E-state index is 0. The molecule has 0 aliphatic rings. The Hall–Kier alpha value is -10.3. The molecule has 0 saturated carbocycles. The Balaban J connectivity index is 0.000000135. The number of para-hydroxylation sites is 9. The van der Waals surface area contributed by atoms with Gasteiger partial charge in [0.2, 0.25) is 0 Å². The van der Waals surface area contributed by atoms with Crippen LogP contribution in [0, 0.1) is 18.2 Å². The van der Waals surface area contributed by atoms with E-state index in [1.807, 2.05) is 54.6 Å². The van der Waals surface area contributed by atoms with Gasteiger partial charge in [0.15, 0.2) is 0 Å². The molecule has 582 valence electrons. The smallest absolute Gasteiger partial charge is 0.501 e. The van der Waals surface area contributed by atoms with Gasteiger partial charge in [-0.15, -0.1) is 54.6 Å². The van der Waals surface area contributed by atoms with E-state index in [0.29, 0.717) is 35.5 Å². The maximum Gasteiger partial charge on any atom is 3.00 e. The van der Waals surface area contributed by atoms with Crippen LogP contribution in [0.25, 0.3) is 150 Å². The minimum Gasteiger partial charge on any atom is -0.501 e. The number of aromatic nitrogens is 6. The van der Waals surface area contributed by atoms with Gasteiger partial charge in [-0.25, -0.2) is 0 Å². The first-order valence-electron chi connectivity index (χ1n) is 40.9. The zero-order chi connectivity index (χ0) is 80.3. The molecular formula is C102H105IrN6O3Si3. The summed E-state index contributed by atoms with van der Waals surface area (Å²) in [6.45, 7) is 49.6. The fourth-order valence-corrected chi connectivity index (χ4v) is 20.1. The fourth-order valence-electron chi connectivity index (χ4n) is 16.6. The molecule has 0 atom stereocenters. The summed E-state index contributed by atoms with van der Waals surface area (Å²) in [5, 5.41) is 11.1. The first-order chi connectivity index (χ1) is 54.4. The maximum absolute atomic E-state index is 6.47. The first kappa shape index (κ1) is 80.0. The Morgan fingerprint density at radius 1 is 0.278 bits per heavy atom. The summed E-state index contributed by atoms with van der Waals surface area (Å²) in [6.07, 6.45) is 0. The van der Waals surface area contributed by atoms with Crippen LogP contribution in [-0.4, -0.2) is 52.9 Å². The predicted octanol–water partition coefficient (Wildman–Crippen LogP) is 27.5. The van der Waals surface area contributed by atoms with E-state index in [-0.39, 0.29) is 20.1 Å². The molecule has 13 heteroatoms. The second-order valence-electron chi connectivity index (χ2n) is 36.0. The van der Waals surface area contributed by atoms with Crippen LogP contribution in [0.2, 0.25) is 58.9 Å². The normalized spacial score (nSPS) is 12.4. The molecule has 18 rings (SSSR count). The molecule has 0 radical (unpaired) electrons. The first-order valence-corrected chi connectivity index (χ1v) is 51.4. The molecule has 0 aliphatic carbocycles. The Bertz CT molecular complexity index is 6000. The molecular weight excluding hydrogens is 1630 g/mol. The van der Waals surface area contributed by atoms with Crippen LogP contribution in [-0.2, 0) is 20.1 Å². The average Bonchev–Trinajstić information content (AvgIpc) is 1.71. The van der Waals surface area contributed by atoms with Gasteiger partial charge in [-0.2, -0.15) is 0 Å². The van der Waals surface area contributed by atoms with E-state index in [4.69, 9.17) is 28.2 Å². The van der Waals surface area contributed by atoms with E-state index in [0.717, 1.165) is 133 Å². The molecule has 18 aromatic rings. The number of imidazole rings is 3. The van der Waals surface area contributed by atoms with Crippen molar-refractivity contribution < 1.29 is 33.4 Å². The standard InChI is InChI=1S/3C34H35N2OSi.Ir/c3*1-21(2)27-19-23(38(5,6)7)20-28(22(3)4)32(27)36-30-17-10-9-16-29(30)35-34(36)26-15-12-14-25-24-13-8-11-18-31(24)37-33(25)26;/h3*8-14,16-22H,1-7H3;/q3*-1;+3. The van der Waals surface area contributed by atoms with Crippen molar-refractivity contribution in [3.05, 3.63) is 270 Å². The molecule has 12 aromatic carbocycles. The van der Waals surface area contributed by atoms with Gasteiger partial charge in [0, 0.05) is 33.2 Å². The van der Waals surface area contributed by atoms with Crippen LogP contribution in [0.3, 0.4) is 0 Å². The van der Waals surface area contributed by atoms with Crippen molar-refractivity contribution in [2.75, 3.05) is 0 Å². The predicted molar refractivity (Wildman–Crippen MR) is 491 cm³/mol. The van der Waals surface area contributed by atoms with Crippen molar-refractivity contribution in [1.29, 1.82) is 0 Å². The topological polar surface area (TPSA) is 92.9 Å². The van der Waals surface area contributed by atoms with E-state index in [2.05, 4.69) is 338 Å². The van der Waals surface area contributed by atoms with Crippen molar-refractivity contribution in [1.82, 2.24) is 28.7 Å². The molecule has 6 aromatic heterocycles. The van der Waals surface area contributed by atoms with Gasteiger partial charge < -0.3 is 27.0 Å². The summed E-state index contributed by atoms with van der Waals surface area (Å²) in [6, 6.07) is 87.8. The van der Waals surface area contributed by atoms with Gasteiger partial charge in [0.1, 0.15) is 16.7 Å². The average molecular weight is 1740 g/mol. The van der Waals surface area contributed by atoms with Crippen molar-refractivity contribution in [2.24, 2.45) is 0 Å². The van der Waals surface area contributed by atoms with Gasteiger partial charge in [-0.1, -0.05) is 318 Å². The third-order valence-electron chi connectivity index (χ3n) is 22.9. The van der Waals surface area contributed by atoms with Gasteiger partial charge in [0.25, 0.3) is 0 Å². The van der Waals surface area contributed by atoms with Crippen LogP contribution in [0.5, 0.6) is 0 Å². The van der Waals surface area contributed by atoms with Gasteiger partial charge >= 0.3 is 20.1 Å². The Morgan fingerprint density at radius 3 is 0.722 bits per heavy atom. The minimum atomic E-state index is -1.53. The zero-order valence-corrected chi connectivity index (χ0v) is 75.9. The molecule has 0 bridgehead atoms. The Morgan fingerprint density at radius 2 is 0.496 bits per heavy atom. The molecule has 0 N–H and O–H groups in total. The third-order valence-corrected chi connectivity index (χ3v) is 28.9.